The molecule has 0 spiro atoms. The van der Waals surface area contributed by atoms with Gasteiger partial charge in [-0.25, -0.2) is 0 Å². The Labute approximate surface area is 191 Å². The number of unbranched alkanes of at least 4 members (excludes halogenated alkanes) is 11. The fraction of sp³-hybridized carbons (Fsp3) is 0.955. The van der Waals surface area contributed by atoms with E-state index in [1.54, 1.807) is 0 Å². The monoisotopic (exact) mass is 398 g/mol. The van der Waals surface area contributed by atoms with Gasteiger partial charge in [0.2, 0.25) is 0 Å². The fourth-order valence-electron chi connectivity index (χ4n) is 2.72. The van der Waals surface area contributed by atoms with Crippen LogP contribution in [0.4, 0.5) is 0 Å². The number of hydrogen-bond donors (Lipinski definition) is 1. The Balaban J connectivity index is -0.000000844. The summed E-state index contributed by atoms with van der Waals surface area (Å²) in [4.78, 5) is 10.6. The third-order valence-corrected chi connectivity index (χ3v) is 4.28. The minimum atomic E-state index is -0.489. The molecule has 0 aliphatic carbocycles. The van der Waals surface area contributed by atoms with E-state index in [0.29, 0.717) is 0 Å². The Kier molecular flexibility index (Phi) is 34.0. The first-order valence-electron chi connectivity index (χ1n) is 11.0. The van der Waals surface area contributed by atoms with E-state index in [1.807, 2.05) is 13.8 Å². The molecular formula is C22H47NaO4. The number of carbonyl (C=O) groups excluding carboxylic acids is 1. The molecular weight excluding hydrogens is 351 g/mol. The van der Waals surface area contributed by atoms with Gasteiger partial charge in [-0.15, -0.1) is 0 Å². The first-order chi connectivity index (χ1) is 12.6. The second kappa shape index (κ2) is 28.6. The van der Waals surface area contributed by atoms with E-state index in [1.165, 1.54) is 77.6 Å². The molecule has 0 fully saturated rings. The maximum absolute atomic E-state index is 10.6. The summed E-state index contributed by atoms with van der Waals surface area (Å²) in [7, 11) is 0. The standard InChI is InChI=1S/C18H36O3.C4H10O.Na.H/c1-3-4-5-6-7-8-9-10-11-12-13-14-15-18(20)16-21-17(2)19;1-3-5-4-2;;/h18,20H,3-16H2,1-2H3;3-4H2,1-2H3;;. The van der Waals surface area contributed by atoms with Crippen LogP contribution in [0.1, 0.15) is 111 Å². The Morgan fingerprint density at radius 1 is 0.778 bits per heavy atom. The molecule has 27 heavy (non-hydrogen) atoms. The molecule has 0 bridgehead atoms. The molecule has 0 rings (SSSR count). The van der Waals surface area contributed by atoms with Crippen LogP contribution in [0.5, 0.6) is 0 Å². The first-order valence-corrected chi connectivity index (χ1v) is 11.0. The quantitative estimate of drug-likeness (QED) is 0.203. The molecule has 0 saturated carbocycles. The molecule has 0 aromatic heterocycles. The van der Waals surface area contributed by atoms with Gasteiger partial charge in [0.15, 0.2) is 0 Å². The zero-order chi connectivity index (χ0) is 19.9. The molecule has 5 heteroatoms. The normalized spacial score (nSPS) is 11.1. The van der Waals surface area contributed by atoms with Gasteiger partial charge in [0.05, 0.1) is 6.10 Å². The number of aliphatic hydroxyl groups is 1. The second-order valence-corrected chi connectivity index (χ2v) is 6.92. The third-order valence-electron chi connectivity index (χ3n) is 4.28. The van der Waals surface area contributed by atoms with Crippen LogP contribution in [-0.4, -0.2) is 66.6 Å². The number of aliphatic hydroxyl groups excluding tert-OH is 1. The molecule has 0 amide bonds. The number of hydrogen-bond acceptors (Lipinski definition) is 4. The van der Waals surface area contributed by atoms with Crippen LogP contribution in [0.3, 0.4) is 0 Å². The minimum absolute atomic E-state index is 0. The van der Waals surface area contributed by atoms with E-state index in [2.05, 4.69) is 6.92 Å². The summed E-state index contributed by atoms with van der Waals surface area (Å²) in [6, 6.07) is 0. The fourth-order valence-corrected chi connectivity index (χ4v) is 2.72. The Bertz CT molecular complexity index is 273. The van der Waals surface area contributed by atoms with Crippen molar-refractivity contribution >= 4 is 35.5 Å². The van der Waals surface area contributed by atoms with Crippen molar-refractivity contribution in [3.8, 4) is 0 Å². The van der Waals surface area contributed by atoms with E-state index in [0.717, 1.165) is 26.1 Å². The Morgan fingerprint density at radius 3 is 1.52 bits per heavy atom. The summed E-state index contributed by atoms with van der Waals surface area (Å²) in [6.45, 7) is 9.44. The van der Waals surface area contributed by atoms with Gasteiger partial charge < -0.3 is 14.6 Å². The van der Waals surface area contributed by atoms with Gasteiger partial charge in [-0.3, -0.25) is 4.79 Å². The van der Waals surface area contributed by atoms with Gasteiger partial charge in [-0.05, 0) is 20.3 Å². The molecule has 0 saturated heterocycles. The average Bonchev–Trinajstić information content (AvgIpc) is 2.62. The molecule has 160 valence electrons. The van der Waals surface area contributed by atoms with Gasteiger partial charge in [0.1, 0.15) is 6.61 Å². The summed E-state index contributed by atoms with van der Waals surface area (Å²) < 4.78 is 9.61. The molecule has 4 nitrogen and oxygen atoms in total. The molecule has 0 aromatic carbocycles. The van der Waals surface area contributed by atoms with E-state index >= 15 is 0 Å². The Hall–Kier alpha value is 0.390. The van der Waals surface area contributed by atoms with Gasteiger partial charge in [0, 0.05) is 20.1 Å². The molecule has 0 heterocycles. The predicted molar refractivity (Wildman–Crippen MR) is 118 cm³/mol. The molecule has 0 radical (unpaired) electrons. The topological polar surface area (TPSA) is 55.8 Å². The third kappa shape index (κ3) is 34.3. The van der Waals surface area contributed by atoms with Crippen LogP contribution in [0.15, 0.2) is 0 Å². The van der Waals surface area contributed by atoms with Crippen LogP contribution in [-0.2, 0) is 14.3 Å². The Morgan fingerprint density at radius 2 is 1.19 bits per heavy atom. The first kappa shape index (κ1) is 32.1. The van der Waals surface area contributed by atoms with Crippen molar-refractivity contribution in [3.05, 3.63) is 0 Å². The van der Waals surface area contributed by atoms with Gasteiger partial charge >= 0.3 is 35.5 Å². The zero-order valence-corrected chi connectivity index (χ0v) is 18.1. The summed E-state index contributed by atoms with van der Waals surface area (Å²) in [5.74, 6) is -0.316. The van der Waals surface area contributed by atoms with Gasteiger partial charge in [0.25, 0.3) is 0 Å². The molecule has 1 unspecified atom stereocenters. The average molecular weight is 399 g/mol. The predicted octanol–water partition coefficient (Wildman–Crippen LogP) is 5.40. The van der Waals surface area contributed by atoms with Crippen molar-refractivity contribution < 1.29 is 19.4 Å². The van der Waals surface area contributed by atoms with Gasteiger partial charge in [-0.2, -0.15) is 0 Å². The van der Waals surface area contributed by atoms with Crippen molar-refractivity contribution in [1.29, 1.82) is 0 Å². The van der Waals surface area contributed by atoms with E-state index < -0.39 is 6.10 Å². The van der Waals surface area contributed by atoms with Crippen LogP contribution in [0.2, 0.25) is 0 Å². The number of carbonyl (C=O) groups is 1. The zero-order valence-electron chi connectivity index (χ0n) is 18.1. The van der Waals surface area contributed by atoms with Gasteiger partial charge in [-0.1, -0.05) is 84.0 Å². The molecule has 0 aliphatic rings. The van der Waals surface area contributed by atoms with Crippen LogP contribution < -0.4 is 0 Å². The van der Waals surface area contributed by atoms with E-state index in [4.69, 9.17) is 9.47 Å². The molecule has 0 aliphatic heterocycles. The van der Waals surface area contributed by atoms with Crippen LogP contribution >= 0.6 is 0 Å². The van der Waals surface area contributed by atoms with Crippen LogP contribution in [0, 0.1) is 0 Å². The van der Waals surface area contributed by atoms with Crippen molar-refractivity contribution in [3.63, 3.8) is 0 Å². The SMILES string of the molecule is CCCCCCCCCCCCCCC(O)COC(C)=O.CCOCC.[NaH]. The number of rotatable bonds is 17. The summed E-state index contributed by atoms with van der Waals surface area (Å²) in [6.07, 6.45) is 16.1. The number of esters is 1. The van der Waals surface area contributed by atoms with E-state index in [9.17, 15) is 9.90 Å². The summed E-state index contributed by atoms with van der Waals surface area (Å²) in [5.41, 5.74) is 0. The van der Waals surface area contributed by atoms with Crippen molar-refractivity contribution in [2.75, 3.05) is 19.8 Å². The molecule has 1 N–H and O–H groups in total. The van der Waals surface area contributed by atoms with Crippen molar-refractivity contribution in [2.24, 2.45) is 0 Å². The number of ether oxygens (including phenoxy) is 2. The summed E-state index contributed by atoms with van der Waals surface area (Å²) >= 11 is 0. The van der Waals surface area contributed by atoms with Crippen molar-refractivity contribution in [1.82, 2.24) is 0 Å². The summed E-state index contributed by atoms with van der Waals surface area (Å²) in [5, 5.41) is 9.58. The van der Waals surface area contributed by atoms with Crippen LogP contribution in [0.25, 0.3) is 0 Å². The maximum atomic E-state index is 10.6. The van der Waals surface area contributed by atoms with E-state index in [-0.39, 0.29) is 42.1 Å². The molecule has 0 aromatic rings. The molecule has 1 atom stereocenters. The second-order valence-electron chi connectivity index (χ2n) is 6.92. The van der Waals surface area contributed by atoms with Crippen molar-refractivity contribution in [2.45, 2.75) is 117 Å².